The molecule has 0 radical (unpaired) electrons. The molecule has 1 aliphatic carbocycles. The van der Waals surface area contributed by atoms with Crippen molar-refractivity contribution in [3.8, 4) is 0 Å². The lowest BCUT2D eigenvalue weighted by molar-refractivity contribution is -0.141. The van der Waals surface area contributed by atoms with Gasteiger partial charge < -0.3 is 10.2 Å². The van der Waals surface area contributed by atoms with Gasteiger partial charge in [0.2, 0.25) is 11.8 Å². The van der Waals surface area contributed by atoms with Crippen molar-refractivity contribution in [2.24, 2.45) is 5.41 Å². The summed E-state index contributed by atoms with van der Waals surface area (Å²) in [7, 11) is 1.77. The lowest BCUT2D eigenvalue weighted by atomic mass is 10.0. The Kier molecular flexibility index (Phi) is 5.12. The van der Waals surface area contributed by atoms with Gasteiger partial charge in [-0.1, -0.05) is 31.0 Å². The van der Waals surface area contributed by atoms with Crippen LogP contribution in [0.15, 0.2) is 18.2 Å². The smallest absolute Gasteiger partial charge is 0.240 e. The predicted octanol–water partition coefficient (Wildman–Crippen LogP) is 3.63. The van der Waals surface area contributed by atoms with Crippen LogP contribution in [-0.4, -0.2) is 30.3 Å². The molecule has 0 atom stereocenters. The van der Waals surface area contributed by atoms with E-state index in [-0.39, 0.29) is 11.8 Å². The first kappa shape index (κ1) is 16.8. The van der Waals surface area contributed by atoms with Crippen molar-refractivity contribution in [2.75, 3.05) is 18.9 Å². The maximum absolute atomic E-state index is 12.6. The molecule has 22 heavy (non-hydrogen) atoms. The molecule has 0 heterocycles. The van der Waals surface area contributed by atoms with E-state index in [2.05, 4.69) is 12.2 Å². The van der Waals surface area contributed by atoms with Crippen LogP contribution in [0, 0.1) is 12.3 Å². The largest absolute Gasteiger partial charge is 0.345 e. The van der Waals surface area contributed by atoms with Gasteiger partial charge in [-0.15, -0.1) is 0 Å². The number of nitrogens with zero attached hydrogens (tertiary/aromatic N) is 1. The maximum atomic E-state index is 12.6. The van der Waals surface area contributed by atoms with E-state index in [0.717, 1.165) is 18.4 Å². The Morgan fingerprint density at radius 2 is 2.05 bits per heavy atom. The summed E-state index contributed by atoms with van der Waals surface area (Å²) in [5.41, 5.74) is 0.727. The summed E-state index contributed by atoms with van der Waals surface area (Å²) < 4.78 is 0. The average Bonchev–Trinajstić information content (AvgIpc) is 3.29. The van der Waals surface area contributed by atoms with Crippen molar-refractivity contribution in [2.45, 2.75) is 39.5 Å². The average molecular weight is 323 g/mol. The number of rotatable bonds is 6. The molecular formula is C17H23ClN2O2. The molecule has 1 fully saturated rings. The maximum Gasteiger partial charge on any atom is 0.240 e. The minimum Gasteiger partial charge on any atom is -0.345 e. The highest BCUT2D eigenvalue weighted by Crippen LogP contribution is 2.48. The first-order valence-electron chi connectivity index (χ1n) is 7.74. The predicted molar refractivity (Wildman–Crippen MR) is 89.0 cm³/mol. The van der Waals surface area contributed by atoms with Gasteiger partial charge in [0, 0.05) is 24.3 Å². The summed E-state index contributed by atoms with van der Waals surface area (Å²) in [4.78, 5) is 26.8. The highest BCUT2D eigenvalue weighted by Gasteiger charge is 2.57. The van der Waals surface area contributed by atoms with Gasteiger partial charge in [0.05, 0.1) is 0 Å². The molecule has 0 spiro atoms. The van der Waals surface area contributed by atoms with Crippen LogP contribution >= 0.6 is 11.6 Å². The van der Waals surface area contributed by atoms with E-state index in [1.165, 1.54) is 0 Å². The number of carbonyl (C=O) groups excluding carboxylic acids is 2. The third kappa shape index (κ3) is 3.43. The van der Waals surface area contributed by atoms with Gasteiger partial charge in [0.25, 0.3) is 0 Å². The molecular weight excluding hydrogens is 300 g/mol. The second kappa shape index (κ2) is 6.69. The quantitative estimate of drug-likeness (QED) is 0.813. The number of benzene rings is 1. The first-order valence-corrected chi connectivity index (χ1v) is 8.11. The molecule has 0 saturated heterocycles. The minimum absolute atomic E-state index is 0.0712. The second-order valence-electron chi connectivity index (χ2n) is 6.08. The van der Waals surface area contributed by atoms with Crippen LogP contribution in [0.5, 0.6) is 0 Å². The van der Waals surface area contributed by atoms with E-state index >= 15 is 0 Å². The van der Waals surface area contributed by atoms with E-state index < -0.39 is 5.41 Å². The monoisotopic (exact) mass is 322 g/mol. The van der Waals surface area contributed by atoms with Crippen LogP contribution in [0.3, 0.4) is 0 Å². The van der Waals surface area contributed by atoms with Gasteiger partial charge >= 0.3 is 0 Å². The molecule has 0 bridgehead atoms. The third-order valence-electron chi connectivity index (χ3n) is 4.24. The highest BCUT2D eigenvalue weighted by molar-refractivity contribution is 6.31. The van der Waals surface area contributed by atoms with Gasteiger partial charge in [0.15, 0.2) is 0 Å². The first-order chi connectivity index (χ1) is 10.4. The fourth-order valence-corrected chi connectivity index (χ4v) is 2.67. The van der Waals surface area contributed by atoms with Crippen molar-refractivity contribution in [3.63, 3.8) is 0 Å². The summed E-state index contributed by atoms with van der Waals surface area (Å²) in [5, 5.41) is 3.44. The summed E-state index contributed by atoms with van der Waals surface area (Å²) in [6, 6.07) is 5.35. The van der Waals surface area contributed by atoms with Crippen LogP contribution in [0.4, 0.5) is 5.69 Å². The Labute approximate surface area is 136 Å². The zero-order valence-corrected chi connectivity index (χ0v) is 14.2. The molecule has 1 saturated carbocycles. The summed E-state index contributed by atoms with van der Waals surface area (Å²) in [5.74, 6) is -0.288. The SMILES string of the molecule is CCCCN(C)C(=O)C1(C(=O)Nc2cc(Cl)ccc2C)CC1. The van der Waals surface area contributed by atoms with E-state index in [0.29, 0.717) is 30.1 Å². The van der Waals surface area contributed by atoms with E-state index in [9.17, 15) is 9.59 Å². The lowest BCUT2D eigenvalue weighted by Gasteiger charge is -2.23. The highest BCUT2D eigenvalue weighted by atomic mass is 35.5. The van der Waals surface area contributed by atoms with Crippen LogP contribution in [0.1, 0.15) is 38.2 Å². The van der Waals surface area contributed by atoms with Gasteiger partial charge in [-0.2, -0.15) is 0 Å². The fraction of sp³-hybridized carbons (Fsp3) is 0.529. The number of halogens is 1. The van der Waals surface area contributed by atoms with E-state index in [1.54, 1.807) is 24.1 Å². The number of anilines is 1. The molecule has 1 aliphatic rings. The Hall–Kier alpha value is -1.55. The Balaban J connectivity index is 2.08. The second-order valence-corrected chi connectivity index (χ2v) is 6.51. The number of hydrogen-bond acceptors (Lipinski definition) is 2. The number of carbonyl (C=O) groups is 2. The summed E-state index contributed by atoms with van der Waals surface area (Å²) in [6.45, 7) is 4.68. The van der Waals surface area contributed by atoms with Crippen LogP contribution in [0.25, 0.3) is 0 Å². The molecule has 120 valence electrons. The number of aryl methyl sites for hydroxylation is 1. The van der Waals surface area contributed by atoms with Crippen molar-refractivity contribution in [3.05, 3.63) is 28.8 Å². The number of amides is 2. The molecule has 5 heteroatoms. The van der Waals surface area contributed by atoms with Crippen LogP contribution in [0.2, 0.25) is 5.02 Å². The number of unbranched alkanes of at least 4 members (excludes halogenated alkanes) is 1. The Morgan fingerprint density at radius 1 is 1.36 bits per heavy atom. The molecule has 1 aromatic rings. The zero-order valence-electron chi connectivity index (χ0n) is 13.4. The Bertz CT molecular complexity index is 582. The van der Waals surface area contributed by atoms with Gasteiger partial charge in [0.1, 0.15) is 5.41 Å². The van der Waals surface area contributed by atoms with Gasteiger partial charge in [-0.25, -0.2) is 0 Å². The zero-order chi connectivity index (χ0) is 16.3. The lowest BCUT2D eigenvalue weighted by Crippen LogP contribution is -2.41. The number of nitrogens with one attached hydrogen (secondary N) is 1. The normalized spacial score (nSPS) is 15.3. The third-order valence-corrected chi connectivity index (χ3v) is 4.47. The van der Waals surface area contributed by atoms with E-state index in [4.69, 9.17) is 11.6 Å². The summed E-state index contributed by atoms with van der Waals surface area (Å²) >= 11 is 5.97. The molecule has 1 aromatic carbocycles. The molecule has 0 unspecified atom stereocenters. The van der Waals surface area contributed by atoms with Crippen molar-refractivity contribution < 1.29 is 9.59 Å². The molecule has 1 N–H and O–H groups in total. The molecule has 0 aliphatic heterocycles. The molecule has 2 amide bonds. The fourth-order valence-electron chi connectivity index (χ4n) is 2.50. The summed E-state index contributed by atoms with van der Waals surface area (Å²) in [6.07, 6.45) is 3.22. The topological polar surface area (TPSA) is 49.4 Å². The van der Waals surface area contributed by atoms with Crippen LogP contribution < -0.4 is 5.32 Å². The minimum atomic E-state index is -0.878. The van der Waals surface area contributed by atoms with Crippen molar-refractivity contribution in [1.29, 1.82) is 0 Å². The van der Waals surface area contributed by atoms with Crippen molar-refractivity contribution >= 4 is 29.1 Å². The van der Waals surface area contributed by atoms with Gasteiger partial charge in [-0.05, 0) is 43.9 Å². The molecule has 2 rings (SSSR count). The standard InChI is InChI=1S/C17H23ClN2O2/c1-4-5-10-20(3)16(22)17(8-9-17)15(21)19-14-11-13(18)7-6-12(14)2/h6-7,11H,4-5,8-10H2,1-3H3,(H,19,21). The number of hydrogen-bond donors (Lipinski definition) is 1. The van der Waals surface area contributed by atoms with Crippen LogP contribution in [-0.2, 0) is 9.59 Å². The van der Waals surface area contributed by atoms with Crippen molar-refractivity contribution in [1.82, 2.24) is 4.90 Å². The van der Waals surface area contributed by atoms with Gasteiger partial charge in [-0.3, -0.25) is 9.59 Å². The van der Waals surface area contributed by atoms with E-state index in [1.807, 2.05) is 13.0 Å². The Morgan fingerprint density at radius 3 is 2.64 bits per heavy atom. The molecule has 4 nitrogen and oxygen atoms in total. The molecule has 0 aromatic heterocycles.